The van der Waals surface area contributed by atoms with Gasteiger partial charge in [0.2, 0.25) is 17.6 Å². The van der Waals surface area contributed by atoms with E-state index in [9.17, 15) is 4.79 Å². The minimum atomic E-state index is 0.0376. The summed E-state index contributed by atoms with van der Waals surface area (Å²) in [5, 5.41) is 4.00. The highest BCUT2D eigenvalue weighted by atomic mass is 16.5. The molecule has 0 unspecified atom stereocenters. The zero-order valence-corrected chi connectivity index (χ0v) is 16.0. The number of morpholine rings is 1. The second-order valence-corrected chi connectivity index (χ2v) is 7.22. The fourth-order valence-corrected chi connectivity index (χ4v) is 3.71. The van der Waals surface area contributed by atoms with Crippen molar-refractivity contribution in [3.05, 3.63) is 42.0 Å². The molecule has 1 amide bonds. The van der Waals surface area contributed by atoms with Gasteiger partial charge in [-0.1, -0.05) is 23.4 Å². The van der Waals surface area contributed by atoms with Crippen LogP contribution in [0, 0.1) is 5.92 Å². The van der Waals surface area contributed by atoms with Gasteiger partial charge < -0.3 is 18.9 Å². The van der Waals surface area contributed by atoms with Gasteiger partial charge in [-0.15, -0.1) is 0 Å². The van der Waals surface area contributed by atoms with Crippen molar-refractivity contribution in [2.24, 2.45) is 5.92 Å². The van der Waals surface area contributed by atoms with E-state index in [1.165, 1.54) is 0 Å². The maximum atomic E-state index is 12.8. The molecule has 0 spiro atoms. The van der Waals surface area contributed by atoms with Crippen LogP contribution in [0.2, 0.25) is 0 Å². The number of hydrogen-bond acceptors (Lipinski definition) is 7. The Morgan fingerprint density at radius 3 is 2.82 bits per heavy atom. The molecule has 0 aliphatic carbocycles. The van der Waals surface area contributed by atoms with Crippen LogP contribution in [0.25, 0.3) is 0 Å². The molecule has 0 saturated carbocycles. The first-order chi connectivity index (χ1) is 13.8. The zero-order chi connectivity index (χ0) is 19.2. The minimum absolute atomic E-state index is 0.0376. The highest BCUT2D eigenvalue weighted by Crippen LogP contribution is 2.21. The van der Waals surface area contributed by atoms with Crippen LogP contribution in [0.1, 0.15) is 24.6 Å². The Bertz CT molecular complexity index is 761. The van der Waals surface area contributed by atoms with Gasteiger partial charge in [0.25, 0.3) is 0 Å². The van der Waals surface area contributed by atoms with Crippen molar-refractivity contribution in [2.75, 3.05) is 39.4 Å². The number of carbonyl (C=O) groups excluding carboxylic acids is 1. The molecule has 4 rings (SSSR count). The van der Waals surface area contributed by atoms with E-state index in [-0.39, 0.29) is 18.4 Å². The first-order valence-corrected chi connectivity index (χ1v) is 9.86. The molecule has 0 bridgehead atoms. The van der Waals surface area contributed by atoms with Crippen molar-refractivity contribution in [1.82, 2.24) is 19.9 Å². The number of likely N-dealkylation sites (tertiary alicyclic amines) is 1. The van der Waals surface area contributed by atoms with Gasteiger partial charge in [0.1, 0.15) is 5.75 Å². The van der Waals surface area contributed by atoms with Gasteiger partial charge in [-0.2, -0.15) is 4.98 Å². The molecule has 2 saturated heterocycles. The highest BCUT2D eigenvalue weighted by molar-refractivity contribution is 5.79. The third-order valence-electron chi connectivity index (χ3n) is 5.16. The van der Waals surface area contributed by atoms with E-state index in [4.69, 9.17) is 14.0 Å². The maximum Gasteiger partial charge on any atom is 0.240 e. The monoisotopic (exact) mass is 386 g/mol. The molecule has 150 valence electrons. The molecule has 1 aromatic heterocycles. The number of aromatic nitrogens is 2. The average Bonchev–Trinajstić information content (AvgIpc) is 3.20. The number of amides is 1. The minimum Gasteiger partial charge on any atom is -0.485 e. The predicted molar refractivity (Wildman–Crippen MR) is 100 cm³/mol. The first kappa shape index (κ1) is 18.9. The van der Waals surface area contributed by atoms with Crippen LogP contribution in [0.5, 0.6) is 5.75 Å². The number of nitrogens with zero attached hydrogens (tertiary/aromatic N) is 4. The molecule has 1 atom stereocenters. The lowest BCUT2D eigenvalue weighted by Gasteiger charge is -2.35. The zero-order valence-electron chi connectivity index (χ0n) is 16.0. The summed E-state index contributed by atoms with van der Waals surface area (Å²) < 4.78 is 16.4. The maximum absolute atomic E-state index is 12.8. The van der Waals surface area contributed by atoms with E-state index in [2.05, 4.69) is 15.0 Å². The van der Waals surface area contributed by atoms with Crippen LogP contribution in [-0.2, 0) is 22.7 Å². The first-order valence-electron chi connectivity index (χ1n) is 9.86. The molecular formula is C20H26N4O4. The predicted octanol–water partition coefficient (Wildman–Crippen LogP) is 1.72. The molecule has 8 nitrogen and oxygen atoms in total. The molecule has 0 N–H and O–H groups in total. The standard InChI is InChI=1S/C20H26N4O4/c25-20(24-9-11-26-12-10-24)16-5-4-8-23(13-16)14-19-21-18(22-28-19)15-27-17-6-2-1-3-7-17/h1-3,6-7,16H,4-5,8-15H2/t16-/m0/s1. The van der Waals surface area contributed by atoms with Crippen LogP contribution < -0.4 is 4.74 Å². The normalized spacial score (nSPS) is 20.9. The van der Waals surface area contributed by atoms with Gasteiger partial charge in [0, 0.05) is 19.6 Å². The van der Waals surface area contributed by atoms with E-state index in [0.29, 0.717) is 44.6 Å². The lowest BCUT2D eigenvalue weighted by molar-refractivity contribution is -0.141. The summed E-state index contributed by atoms with van der Waals surface area (Å²) in [4.78, 5) is 21.3. The molecule has 8 heteroatoms. The van der Waals surface area contributed by atoms with Crippen molar-refractivity contribution in [1.29, 1.82) is 0 Å². The van der Waals surface area contributed by atoms with E-state index in [1.807, 2.05) is 35.2 Å². The van der Waals surface area contributed by atoms with Crippen molar-refractivity contribution >= 4 is 5.91 Å². The number of para-hydroxylation sites is 1. The Balaban J connectivity index is 1.28. The molecule has 2 fully saturated rings. The summed E-state index contributed by atoms with van der Waals surface area (Å²) in [6, 6.07) is 9.56. The molecule has 2 aromatic rings. The summed E-state index contributed by atoms with van der Waals surface area (Å²) >= 11 is 0. The van der Waals surface area contributed by atoms with Crippen molar-refractivity contribution < 1.29 is 18.8 Å². The fraction of sp³-hybridized carbons (Fsp3) is 0.550. The van der Waals surface area contributed by atoms with E-state index >= 15 is 0 Å². The number of rotatable bonds is 6. The van der Waals surface area contributed by atoms with Crippen molar-refractivity contribution in [3.8, 4) is 5.75 Å². The Hall–Kier alpha value is -2.45. The molecular weight excluding hydrogens is 360 g/mol. The molecule has 0 radical (unpaired) electrons. The largest absolute Gasteiger partial charge is 0.485 e. The Labute approximate surface area is 164 Å². The fourth-order valence-electron chi connectivity index (χ4n) is 3.71. The van der Waals surface area contributed by atoms with Gasteiger partial charge in [0.05, 0.1) is 25.7 Å². The van der Waals surface area contributed by atoms with Gasteiger partial charge >= 0.3 is 0 Å². The topological polar surface area (TPSA) is 80.9 Å². The highest BCUT2D eigenvalue weighted by Gasteiger charge is 2.30. The number of benzene rings is 1. The molecule has 1 aromatic carbocycles. The smallest absolute Gasteiger partial charge is 0.240 e. The summed E-state index contributed by atoms with van der Waals surface area (Å²) in [5.74, 6) is 2.14. The summed E-state index contributed by atoms with van der Waals surface area (Å²) in [6.45, 7) is 5.17. The summed E-state index contributed by atoms with van der Waals surface area (Å²) in [6.07, 6.45) is 1.94. The number of ether oxygens (including phenoxy) is 2. The van der Waals surface area contributed by atoms with Gasteiger partial charge in [-0.05, 0) is 31.5 Å². The molecule has 28 heavy (non-hydrogen) atoms. The van der Waals surface area contributed by atoms with Crippen LogP contribution in [0.4, 0.5) is 0 Å². The Kier molecular flexibility index (Phi) is 6.18. The van der Waals surface area contributed by atoms with E-state index in [0.717, 1.165) is 31.7 Å². The molecule has 2 aliphatic heterocycles. The van der Waals surface area contributed by atoms with Gasteiger partial charge in [-0.25, -0.2) is 0 Å². The molecule has 2 aliphatic rings. The third kappa shape index (κ3) is 4.88. The van der Waals surface area contributed by atoms with E-state index < -0.39 is 0 Å². The van der Waals surface area contributed by atoms with E-state index in [1.54, 1.807) is 0 Å². The van der Waals surface area contributed by atoms with Crippen molar-refractivity contribution in [2.45, 2.75) is 26.0 Å². The van der Waals surface area contributed by atoms with Crippen molar-refractivity contribution in [3.63, 3.8) is 0 Å². The Morgan fingerprint density at radius 2 is 2.00 bits per heavy atom. The van der Waals surface area contributed by atoms with Crippen LogP contribution in [-0.4, -0.2) is 65.2 Å². The van der Waals surface area contributed by atoms with Gasteiger partial charge in [0.15, 0.2) is 6.61 Å². The number of carbonyl (C=O) groups is 1. The van der Waals surface area contributed by atoms with Crippen LogP contribution >= 0.6 is 0 Å². The second kappa shape index (κ2) is 9.16. The SMILES string of the molecule is O=C([C@H]1CCCN(Cc2nc(COc3ccccc3)no2)C1)N1CCOCC1. The lowest BCUT2D eigenvalue weighted by atomic mass is 9.96. The quantitative estimate of drug-likeness (QED) is 0.748. The summed E-state index contributed by atoms with van der Waals surface area (Å²) in [5.41, 5.74) is 0. The lowest BCUT2D eigenvalue weighted by Crippen LogP contribution is -2.48. The Morgan fingerprint density at radius 1 is 1.18 bits per heavy atom. The molecule has 3 heterocycles. The summed E-state index contributed by atoms with van der Waals surface area (Å²) in [7, 11) is 0. The second-order valence-electron chi connectivity index (χ2n) is 7.22. The van der Waals surface area contributed by atoms with Gasteiger partial charge in [-0.3, -0.25) is 9.69 Å². The average molecular weight is 386 g/mol. The van der Waals surface area contributed by atoms with Crippen LogP contribution in [0.3, 0.4) is 0 Å². The van der Waals surface area contributed by atoms with Crippen LogP contribution in [0.15, 0.2) is 34.9 Å². The number of piperidine rings is 1. The third-order valence-corrected chi connectivity index (χ3v) is 5.16. The number of hydrogen-bond donors (Lipinski definition) is 0.